The molecule has 1 fully saturated rings. The largest absolute Gasteiger partial charge is 0.355 e. The molecule has 1 aliphatic rings. The van der Waals surface area contributed by atoms with Crippen molar-refractivity contribution < 1.29 is 8.42 Å². The maximum absolute atomic E-state index is 12.9. The van der Waals surface area contributed by atoms with Crippen LogP contribution in [0.4, 0.5) is 5.82 Å². The average molecular weight is 360 g/mol. The Kier molecular flexibility index (Phi) is 4.79. The third kappa shape index (κ3) is 3.99. The van der Waals surface area contributed by atoms with Crippen LogP contribution >= 0.6 is 0 Å². The maximum atomic E-state index is 12.9. The molecule has 0 amide bonds. The Morgan fingerprint density at radius 3 is 2.36 bits per heavy atom. The van der Waals surface area contributed by atoms with E-state index >= 15 is 0 Å². The van der Waals surface area contributed by atoms with Gasteiger partial charge < -0.3 is 4.90 Å². The second kappa shape index (κ2) is 6.72. The average Bonchev–Trinajstić information content (AvgIpc) is 3.07. The Balaban J connectivity index is 2.12. The number of anilines is 1. The van der Waals surface area contributed by atoms with E-state index in [1.54, 1.807) is 30.6 Å². The van der Waals surface area contributed by atoms with Crippen LogP contribution in [0.15, 0.2) is 41.6 Å². The zero-order chi connectivity index (χ0) is 18.1. The molecule has 0 spiro atoms. The monoisotopic (exact) mass is 360 g/mol. The summed E-state index contributed by atoms with van der Waals surface area (Å²) in [5, 5.41) is 0. The van der Waals surface area contributed by atoms with Crippen LogP contribution in [0.1, 0.15) is 33.6 Å². The highest BCUT2D eigenvalue weighted by Crippen LogP contribution is 2.33. The van der Waals surface area contributed by atoms with Crippen LogP contribution in [0.2, 0.25) is 0 Å². The molecule has 0 radical (unpaired) electrons. The van der Waals surface area contributed by atoms with Crippen LogP contribution < -0.4 is 9.62 Å². The maximum Gasteiger partial charge on any atom is 0.241 e. The summed E-state index contributed by atoms with van der Waals surface area (Å²) in [6.07, 6.45) is 5.49. The van der Waals surface area contributed by atoms with E-state index in [0.29, 0.717) is 11.3 Å². The van der Waals surface area contributed by atoms with E-state index in [-0.39, 0.29) is 4.90 Å². The summed E-state index contributed by atoms with van der Waals surface area (Å²) >= 11 is 0. The zero-order valence-electron chi connectivity index (χ0n) is 14.9. The number of nitrogens with zero attached hydrogens (tertiary/aromatic N) is 3. The number of rotatable bonds is 4. The van der Waals surface area contributed by atoms with Crippen LogP contribution in [0.5, 0.6) is 0 Å². The molecule has 0 bridgehead atoms. The van der Waals surface area contributed by atoms with Crippen molar-refractivity contribution in [2.75, 3.05) is 18.0 Å². The molecule has 1 aromatic carbocycles. The second-order valence-corrected chi connectivity index (χ2v) is 8.93. The van der Waals surface area contributed by atoms with E-state index in [2.05, 4.69) is 19.6 Å². The van der Waals surface area contributed by atoms with E-state index in [4.69, 9.17) is 0 Å². The van der Waals surface area contributed by atoms with Crippen LogP contribution in [0.3, 0.4) is 0 Å². The number of nitrogens with one attached hydrogen (secondary N) is 1. The fourth-order valence-electron chi connectivity index (χ4n) is 3.04. The molecule has 134 valence electrons. The molecular weight excluding hydrogens is 336 g/mol. The molecule has 2 heterocycles. The molecule has 1 aliphatic heterocycles. The van der Waals surface area contributed by atoms with Crippen molar-refractivity contribution in [1.82, 2.24) is 14.7 Å². The molecule has 0 unspecified atom stereocenters. The van der Waals surface area contributed by atoms with Crippen molar-refractivity contribution in [1.29, 1.82) is 0 Å². The third-order valence-corrected chi connectivity index (χ3v) is 5.77. The van der Waals surface area contributed by atoms with Gasteiger partial charge in [0.1, 0.15) is 5.69 Å². The molecule has 1 aromatic heterocycles. The van der Waals surface area contributed by atoms with Gasteiger partial charge >= 0.3 is 0 Å². The van der Waals surface area contributed by atoms with Gasteiger partial charge in [-0.15, -0.1) is 0 Å². The van der Waals surface area contributed by atoms with Crippen molar-refractivity contribution >= 4 is 15.8 Å². The Morgan fingerprint density at radius 2 is 1.68 bits per heavy atom. The Hall–Kier alpha value is -1.99. The zero-order valence-corrected chi connectivity index (χ0v) is 15.7. The van der Waals surface area contributed by atoms with Crippen molar-refractivity contribution in [3.8, 4) is 11.3 Å². The molecule has 0 atom stereocenters. The molecule has 3 rings (SSSR count). The van der Waals surface area contributed by atoms with E-state index in [9.17, 15) is 8.42 Å². The Morgan fingerprint density at radius 1 is 1.04 bits per heavy atom. The molecule has 0 aliphatic carbocycles. The lowest BCUT2D eigenvalue weighted by Gasteiger charge is -2.23. The molecule has 2 aromatic rings. The summed E-state index contributed by atoms with van der Waals surface area (Å²) in [4.78, 5) is 11.3. The number of benzene rings is 1. The quantitative estimate of drug-likeness (QED) is 0.907. The minimum atomic E-state index is -3.67. The summed E-state index contributed by atoms with van der Waals surface area (Å²) in [5.41, 5.74) is 0.625. The first-order valence-electron chi connectivity index (χ1n) is 8.47. The number of aromatic nitrogens is 2. The fraction of sp³-hybridized carbons (Fsp3) is 0.444. The van der Waals surface area contributed by atoms with Gasteiger partial charge in [0.15, 0.2) is 5.82 Å². The summed E-state index contributed by atoms with van der Waals surface area (Å²) in [6.45, 7) is 7.31. The second-order valence-electron chi connectivity index (χ2n) is 7.27. The molecule has 1 N–H and O–H groups in total. The van der Waals surface area contributed by atoms with Crippen LogP contribution in [-0.2, 0) is 10.0 Å². The van der Waals surface area contributed by atoms with Gasteiger partial charge in [-0.1, -0.05) is 18.2 Å². The Labute approximate surface area is 149 Å². The van der Waals surface area contributed by atoms with Gasteiger partial charge in [-0.3, -0.25) is 4.98 Å². The van der Waals surface area contributed by atoms with Crippen LogP contribution in [-0.4, -0.2) is 37.0 Å². The minimum absolute atomic E-state index is 0.228. The standard InChI is InChI=1S/C18H24N4O2S/c1-18(2,3)21-25(23,24)15-9-5-4-8-14(15)16-17(20-11-10-19-16)22-12-6-7-13-22/h4-5,8-11,21H,6-7,12-13H2,1-3H3. The van der Waals surface area contributed by atoms with Crippen molar-refractivity contribution in [2.24, 2.45) is 0 Å². The third-order valence-electron chi connectivity index (χ3n) is 3.96. The molecule has 6 nitrogen and oxygen atoms in total. The molecule has 0 saturated carbocycles. The van der Waals surface area contributed by atoms with Gasteiger partial charge in [-0.05, 0) is 39.7 Å². The summed E-state index contributed by atoms with van der Waals surface area (Å²) < 4.78 is 28.5. The summed E-state index contributed by atoms with van der Waals surface area (Å²) in [6, 6.07) is 6.97. The predicted octanol–water partition coefficient (Wildman–Crippen LogP) is 2.82. The van der Waals surface area contributed by atoms with Crippen molar-refractivity contribution in [2.45, 2.75) is 44.0 Å². The van der Waals surface area contributed by atoms with E-state index in [1.807, 2.05) is 26.8 Å². The highest BCUT2D eigenvalue weighted by molar-refractivity contribution is 7.89. The molecular formula is C18H24N4O2S. The molecule has 7 heteroatoms. The lowest BCUT2D eigenvalue weighted by atomic mass is 10.1. The topological polar surface area (TPSA) is 75.2 Å². The number of hydrogen-bond donors (Lipinski definition) is 1. The molecule has 1 saturated heterocycles. The lowest BCUT2D eigenvalue weighted by Crippen LogP contribution is -2.40. The van der Waals surface area contributed by atoms with Gasteiger partial charge in [0.25, 0.3) is 0 Å². The fourth-order valence-corrected chi connectivity index (χ4v) is 4.66. The first kappa shape index (κ1) is 17.8. The van der Waals surface area contributed by atoms with Crippen LogP contribution in [0.25, 0.3) is 11.3 Å². The van der Waals surface area contributed by atoms with Gasteiger partial charge in [0.2, 0.25) is 10.0 Å². The Bertz CT molecular complexity index is 853. The normalized spacial score (nSPS) is 15.6. The van der Waals surface area contributed by atoms with Crippen molar-refractivity contribution in [3.63, 3.8) is 0 Å². The van der Waals surface area contributed by atoms with Gasteiger partial charge in [-0.25, -0.2) is 18.1 Å². The number of hydrogen-bond acceptors (Lipinski definition) is 5. The van der Waals surface area contributed by atoms with Gasteiger partial charge in [0, 0.05) is 36.6 Å². The SMILES string of the molecule is CC(C)(C)NS(=O)(=O)c1ccccc1-c1nccnc1N1CCCC1. The van der Waals surface area contributed by atoms with E-state index < -0.39 is 15.6 Å². The van der Waals surface area contributed by atoms with E-state index in [0.717, 1.165) is 31.7 Å². The number of sulfonamides is 1. The van der Waals surface area contributed by atoms with Gasteiger partial charge in [0.05, 0.1) is 4.90 Å². The first-order valence-corrected chi connectivity index (χ1v) is 9.96. The highest BCUT2D eigenvalue weighted by Gasteiger charge is 2.27. The van der Waals surface area contributed by atoms with Crippen LogP contribution in [0, 0.1) is 0 Å². The minimum Gasteiger partial charge on any atom is -0.355 e. The van der Waals surface area contributed by atoms with Crippen molar-refractivity contribution in [3.05, 3.63) is 36.7 Å². The summed E-state index contributed by atoms with van der Waals surface area (Å²) in [5.74, 6) is 0.749. The van der Waals surface area contributed by atoms with E-state index in [1.165, 1.54) is 0 Å². The highest BCUT2D eigenvalue weighted by atomic mass is 32.2. The predicted molar refractivity (Wildman–Crippen MR) is 99.0 cm³/mol. The summed E-state index contributed by atoms with van der Waals surface area (Å²) in [7, 11) is -3.67. The van der Waals surface area contributed by atoms with Gasteiger partial charge in [-0.2, -0.15) is 0 Å². The lowest BCUT2D eigenvalue weighted by molar-refractivity contribution is 0.491. The molecule has 25 heavy (non-hydrogen) atoms. The first-order chi connectivity index (χ1) is 11.8. The smallest absolute Gasteiger partial charge is 0.241 e.